The fraction of sp³-hybridized carbons (Fsp3) is 0.333. The molecule has 1 unspecified atom stereocenters. The smallest absolute Gasteiger partial charge is 0.475 e. The minimum absolute atomic E-state index is 0.0517. The van der Waals surface area contributed by atoms with Gasteiger partial charge in [0.1, 0.15) is 12.0 Å². The third kappa shape index (κ3) is 5.85. The summed E-state index contributed by atoms with van der Waals surface area (Å²) in [4.78, 5) is 43.7. The highest BCUT2D eigenvalue weighted by Gasteiger charge is 2.38. The lowest BCUT2D eigenvalue weighted by Gasteiger charge is -2.16. The number of rotatable bonds is 1. The maximum atomic E-state index is 12.6. The second-order valence-corrected chi connectivity index (χ2v) is 7.53. The van der Waals surface area contributed by atoms with Gasteiger partial charge >= 0.3 is 12.1 Å². The summed E-state index contributed by atoms with van der Waals surface area (Å²) >= 11 is 0. The monoisotopic (exact) mass is 478 g/mol. The Morgan fingerprint density at radius 2 is 1.94 bits per heavy atom. The van der Waals surface area contributed by atoms with Crippen molar-refractivity contribution in [2.45, 2.75) is 38.8 Å². The zero-order chi connectivity index (χ0) is 24.9. The largest absolute Gasteiger partial charge is 0.490 e. The van der Waals surface area contributed by atoms with Crippen molar-refractivity contribution in [1.29, 1.82) is 0 Å². The van der Waals surface area contributed by atoms with E-state index >= 15 is 0 Å². The van der Waals surface area contributed by atoms with E-state index in [4.69, 9.17) is 9.90 Å². The number of alkyl halides is 3. The van der Waals surface area contributed by atoms with Crippen molar-refractivity contribution in [1.82, 2.24) is 24.5 Å². The van der Waals surface area contributed by atoms with E-state index in [0.29, 0.717) is 11.4 Å². The molecule has 34 heavy (non-hydrogen) atoms. The van der Waals surface area contributed by atoms with E-state index in [2.05, 4.69) is 20.4 Å². The van der Waals surface area contributed by atoms with Crippen molar-refractivity contribution in [2.75, 3.05) is 5.32 Å². The van der Waals surface area contributed by atoms with E-state index in [0.717, 1.165) is 36.9 Å². The molecular weight excluding hydrogens is 457 g/mol. The molecule has 0 aromatic carbocycles. The number of amides is 1. The first-order valence-corrected chi connectivity index (χ1v) is 10.3. The van der Waals surface area contributed by atoms with Crippen LogP contribution in [-0.4, -0.2) is 47.7 Å². The molecule has 1 aliphatic rings. The van der Waals surface area contributed by atoms with Crippen LogP contribution in [0.25, 0.3) is 11.3 Å². The Labute approximate surface area is 191 Å². The van der Waals surface area contributed by atoms with Gasteiger partial charge in [-0.05, 0) is 31.4 Å². The number of carboxylic acids is 1. The molecule has 13 heteroatoms. The van der Waals surface area contributed by atoms with Crippen molar-refractivity contribution >= 4 is 17.6 Å². The number of hydrogen-bond donors (Lipinski definition) is 2. The SMILES string of the molecule is CC1CCCCc2cc(ccn2)-c2c(cnn2-n2cnccc2=O)NC1=O.O=C(O)C(F)(F)F. The average molecular weight is 478 g/mol. The summed E-state index contributed by atoms with van der Waals surface area (Å²) in [6, 6.07) is 5.20. The van der Waals surface area contributed by atoms with Crippen LogP contribution < -0.4 is 10.9 Å². The Morgan fingerprint density at radius 3 is 2.62 bits per heavy atom. The molecule has 0 aliphatic carbocycles. The van der Waals surface area contributed by atoms with Crippen LogP contribution in [0.2, 0.25) is 0 Å². The Balaban J connectivity index is 0.000000406. The van der Waals surface area contributed by atoms with Gasteiger partial charge in [0.25, 0.3) is 5.56 Å². The number of carbonyl (C=O) groups excluding carboxylic acids is 1. The number of aliphatic carboxylic acids is 1. The summed E-state index contributed by atoms with van der Waals surface area (Å²) in [5, 5.41) is 14.4. The molecular formula is C21H21F3N6O4. The molecule has 0 radical (unpaired) electrons. The summed E-state index contributed by atoms with van der Waals surface area (Å²) in [7, 11) is 0. The Kier molecular flexibility index (Phi) is 7.44. The van der Waals surface area contributed by atoms with E-state index < -0.39 is 12.1 Å². The lowest BCUT2D eigenvalue weighted by Crippen LogP contribution is -2.27. The van der Waals surface area contributed by atoms with Gasteiger partial charge < -0.3 is 10.4 Å². The number of hydrogen-bond acceptors (Lipinski definition) is 6. The fourth-order valence-electron chi connectivity index (χ4n) is 3.25. The number of carbonyl (C=O) groups is 2. The number of carboxylic acid groups (broad SMARTS) is 1. The standard InChI is InChI=1S/C19H20N6O2.C2HF3O2/c1-13-4-2-3-5-15-10-14(6-9-21-15)18-16(23-19(13)27)11-22-25(18)24-12-20-8-7-17(24)26;3-2(4,5)1(6)7/h6-13H,2-5H2,1H3,(H,23,27);(H,6,7). The number of nitrogens with zero attached hydrogens (tertiary/aromatic N) is 5. The van der Waals surface area contributed by atoms with E-state index in [9.17, 15) is 22.8 Å². The first-order chi connectivity index (χ1) is 16.1. The zero-order valence-electron chi connectivity index (χ0n) is 18.0. The van der Waals surface area contributed by atoms with Crippen LogP contribution in [0.1, 0.15) is 31.9 Å². The number of anilines is 1. The van der Waals surface area contributed by atoms with Crippen molar-refractivity contribution < 1.29 is 27.9 Å². The maximum Gasteiger partial charge on any atom is 0.490 e. The van der Waals surface area contributed by atoms with Gasteiger partial charge in [-0.25, -0.2) is 9.78 Å². The Morgan fingerprint density at radius 1 is 1.21 bits per heavy atom. The first-order valence-electron chi connectivity index (χ1n) is 10.3. The molecule has 4 heterocycles. The number of nitrogens with one attached hydrogen (secondary N) is 1. The van der Waals surface area contributed by atoms with Crippen LogP contribution in [0.3, 0.4) is 0 Å². The Hall–Kier alpha value is -4.03. The molecule has 1 atom stereocenters. The molecule has 3 aromatic heterocycles. The maximum absolute atomic E-state index is 12.6. The van der Waals surface area contributed by atoms with E-state index in [1.54, 1.807) is 12.4 Å². The highest BCUT2D eigenvalue weighted by Crippen LogP contribution is 2.29. The molecule has 10 nitrogen and oxygen atoms in total. The second kappa shape index (κ2) is 10.3. The summed E-state index contributed by atoms with van der Waals surface area (Å²) in [6.07, 6.45) is 4.66. The molecule has 0 saturated carbocycles. The van der Waals surface area contributed by atoms with Crippen molar-refractivity contribution in [3.8, 4) is 11.3 Å². The van der Waals surface area contributed by atoms with Crippen LogP contribution in [0.4, 0.5) is 18.9 Å². The van der Waals surface area contributed by atoms with E-state index in [1.165, 1.54) is 28.1 Å². The van der Waals surface area contributed by atoms with Crippen LogP contribution in [0.15, 0.2) is 47.9 Å². The molecule has 3 aromatic rings. The minimum atomic E-state index is -5.08. The molecule has 2 bridgehead atoms. The zero-order valence-corrected chi connectivity index (χ0v) is 18.0. The normalized spacial score (nSPS) is 16.1. The van der Waals surface area contributed by atoms with Crippen molar-refractivity contribution in [3.05, 3.63) is 59.2 Å². The summed E-state index contributed by atoms with van der Waals surface area (Å²) in [6.45, 7) is 1.92. The number of halogens is 3. The number of pyridine rings is 1. The molecule has 4 rings (SSSR count). The third-order valence-corrected chi connectivity index (χ3v) is 5.02. The number of aromatic nitrogens is 5. The van der Waals surface area contributed by atoms with Gasteiger partial charge in [0.15, 0.2) is 0 Å². The molecule has 1 amide bonds. The van der Waals surface area contributed by atoms with Crippen LogP contribution in [0, 0.1) is 5.92 Å². The van der Waals surface area contributed by atoms with Gasteiger partial charge in [-0.15, -0.1) is 0 Å². The number of fused-ring (bicyclic) bond motifs is 4. The third-order valence-electron chi connectivity index (χ3n) is 5.02. The predicted octanol–water partition coefficient (Wildman–Crippen LogP) is 2.75. The summed E-state index contributed by atoms with van der Waals surface area (Å²) in [5.41, 5.74) is 2.72. The molecule has 0 saturated heterocycles. The van der Waals surface area contributed by atoms with Crippen molar-refractivity contribution in [3.63, 3.8) is 0 Å². The summed E-state index contributed by atoms with van der Waals surface area (Å²) in [5.74, 6) is -2.91. The van der Waals surface area contributed by atoms with Gasteiger partial charge in [0.05, 0.1) is 11.9 Å². The van der Waals surface area contributed by atoms with Crippen molar-refractivity contribution in [2.24, 2.45) is 5.92 Å². The highest BCUT2D eigenvalue weighted by atomic mass is 19.4. The molecule has 2 N–H and O–H groups in total. The first kappa shape index (κ1) is 24.6. The molecule has 1 aliphatic heterocycles. The fourth-order valence-corrected chi connectivity index (χ4v) is 3.25. The van der Waals surface area contributed by atoms with E-state index in [-0.39, 0.29) is 17.4 Å². The number of aryl methyl sites for hydroxylation is 1. The van der Waals surface area contributed by atoms with Gasteiger partial charge in [-0.1, -0.05) is 13.3 Å². The van der Waals surface area contributed by atoms with Crippen LogP contribution in [0.5, 0.6) is 0 Å². The Bertz CT molecular complexity index is 1240. The van der Waals surface area contributed by atoms with Gasteiger partial charge in [-0.3, -0.25) is 14.6 Å². The lowest BCUT2D eigenvalue weighted by atomic mass is 10.00. The lowest BCUT2D eigenvalue weighted by molar-refractivity contribution is -0.192. The van der Waals surface area contributed by atoms with Gasteiger partial charge in [-0.2, -0.15) is 27.7 Å². The van der Waals surface area contributed by atoms with Gasteiger partial charge in [0, 0.05) is 35.6 Å². The molecule has 0 fully saturated rings. The highest BCUT2D eigenvalue weighted by molar-refractivity contribution is 5.95. The second-order valence-electron chi connectivity index (χ2n) is 7.53. The predicted molar refractivity (Wildman–Crippen MR) is 114 cm³/mol. The van der Waals surface area contributed by atoms with Crippen LogP contribution >= 0.6 is 0 Å². The molecule has 180 valence electrons. The topological polar surface area (TPSA) is 132 Å². The minimum Gasteiger partial charge on any atom is -0.475 e. The van der Waals surface area contributed by atoms with Crippen LogP contribution in [-0.2, 0) is 16.0 Å². The average Bonchev–Trinajstić information content (AvgIpc) is 3.19. The summed E-state index contributed by atoms with van der Waals surface area (Å²) < 4.78 is 33.0. The van der Waals surface area contributed by atoms with E-state index in [1.807, 2.05) is 19.1 Å². The molecule has 0 spiro atoms. The van der Waals surface area contributed by atoms with Gasteiger partial charge in [0.2, 0.25) is 5.91 Å². The quantitative estimate of drug-likeness (QED) is 0.550.